The van der Waals surface area contributed by atoms with E-state index in [-0.39, 0.29) is 43.0 Å². The Morgan fingerprint density at radius 1 is 0.868 bits per heavy atom. The molecule has 4 fully saturated rings. The van der Waals surface area contributed by atoms with E-state index >= 15 is 0 Å². The molecule has 4 aromatic heterocycles. The SMILES string of the molecule is C[C@@H](Oc1ccc2[nH]nc(-c3ccc(N4CCN(C(=O)C5CCN(C(=O)CC6(O)CCN(c7ccc8c(N9CCC(=O)NC9=O)nn(C)c8c7)CC6)CC5)CC4)nc3)c2c1)c1c(Cl)cncc1Cl. The van der Waals surface area contributed by atoms with Gasteiger partial charge >= 0.3 is 6.03 Å². The van der Waals surface area contributed by atoms with E-state index in [2.05, 4.69) is 35.4 Å². The van der Waals surface area contributed by atoms with Crippen LogP contribution < -0.4 is 24.8 Å². The van der Waals surface area contributed by atoms with Crippen molar-refractivity contribution < 1.29 is 29.0 Å². The molecular weight excluding hydrogens is 912 g/mol. The number of aromatic amines is 1. The van der Waals surface area contributed by atoms with E-state index in [0.717, 1.165) is 44.6 Å². The molecule has 0 aliphatic carbocycles. The molecule has 2 aromatic carbocycles. The molecule has 4 aliphatic rings. The molecule has 0 bridgehead atoms. The molecule has 4 aliphatic heterocycles. The lowest BCUT2D eigenvalue weighted by Gasteiger charge is -2.41. The molecule has 8 heterocycles. The fourth-order valence-electron chi connectivity index (χ4n) is 10.0. The fourth-order valence-corrected chi connectivity index (χ4v) is 10.7. The minimum Gasteiger partial charge on any atom is -0.486 e. The number of nitrogens with one attached hydrogen (secondary N) is 2. The van der Waals surface area contributed by atoms with Gasteiger partial charge < -0.3 is 29.4 Å². The maximum Gasteiger partial charge on any atom is 0.329 e. The smallest absolute Gasteiger partial charge is 0.329 e. The van der Waals surface area contributed by atoms with Gasteiger partial charge in [-0.1, -0.05) is 23.2 Å². The number of hydrogen-bond acceptors (Lipinski definition) is 12. The molecule has 10 rings (SSSR count). The number of halogens is 2. The Bertz CT molecular complexity index is 2880. The monoisotopic (exact) mass is 962 g/mol. The number of ether oxygens (including phenoxy) is 1. The molecule has 0 saturated carbocycles. The Kier molecular flexibility index (Phi) is 12.3. The van der Waals surface area contributed by atoms with Crippen LogP contribution in [0, 0.1) is 5.92 Å². The highest BCUT2D eigenvalue weighted by Crippen LogP contribution is 2.37. The zero-order valence-electron chi connectivity index (χ0n) is 37.8. The number of carbonyl (C=O) groups is 4. The summed E-state index contributed by atoms with van der Waals surface area (Å²) in [7, 11) is 1.82. The third-order valence-electron chi connectivity index (χ3n) is 13.9. The number of pyridine rings is 2. The number of aliphatic hydroxyl groups is 1. The maximum atomic E-state index is 13.7. The van der Waals surface area contributed by atoms with Crippen LogP contribution in [0.4, 0.5) is 22.1 Å². The highest BCUT2D eigenvalue weighted by Gasteiger charge is 2.38. The van der Waals surface area contributed by atoms with E-state index in [1.807, 2.05) is 78.5 Å². The predicted octanol–water partition coefficient (Wildman–Crippen LogP) is 6.11. The van der Waals surface area contributed by atoms with Crippen molar-refractivity contribution in [3.05, 3.63) is 82.7 Å². The Morgan fingerprint density at radius 3 is 2.32 bits per heavy atom. The molecule has 18 nitrogen and oxygen atoms in total. The van der Waals surface area contributed by atoms with E-state index in [4.69, 9.17) is 32.9 Å². The van der Waals surface area contributed by atoms with Gasteiger partial charge in [0, 0.05) is 124 Å². The normalized spacial score (nSPS) is 18.6. The van der Waals surface area contributed by atoms with Crippen LogP contribution in [-0.2, 0) is 21.4 Å². The number of amides is 5. The lowest BCUT2D eigenvalue weighted by molar-refractivity contribution is -0.143. The number of anilines is 3. The number of nitrogens with zero attached hydrogens (tertiary/aromatic N) is 10. The van der Waals surface area contributed by atoms with E-state index in [9.17, 15) is 24.3 Å². The number of likely N-dealkylation sites (tertiary alicyclic amines) is 1. The maximum absolute atomic E-state index is 13.7. The van der Waals surface area contributed by atoms with E-state index in [0.29, 0.717) is 105 Å². The molecule has 4 saturated heterocycles. The lowest BCUT2D eigenvalue weighted by atomic mass is 9.86. The van der Waals surface area contributed by atoms with Gasteiger partial charge in [-0.05, 0) is 81.1 Å². The van der Waals surface area contributed by atoms with E-state index in [1.54, 1.807) is 17.1 Å². The third kappa shape index (κ3) is 8.99. The van der Waals surface area contributed by atoms with Gasteiger partial charge in [0.1, 0.15) is 23.4 Å². The van der Waals surface area contributed by atoms with E-state index in [1.165, 1.54) is 4.90 Å². The number of aromatic nitrogens is 6. The molecule has 5 amide bonds. The number of imide groups is 1. The number of H-pyrrole nitrogens is 1. The molecule has 68 heavy (non-hydrogen) atoms. The second-order valence-corrected chi connectivity index (χ2v) is 19.0. The summed E-state index contributed by atoms with van der Waals surface area (Å²) in [5, 5.41) is 28.8. The van der Waals surface area contributed by atoms with Crippen LogP contribution in [-0.4, -0.2) is 133 Å². The zero-order chi connectivity index (χ0) is 47.3. The average molecular weight is 964 g/mol. The van der Waals surface area contributed by atoms with Gasteiger partial charge in [-0.15, -0.1) is 0 Å². The first-order valence-corrected chi connectivity index (χ1v) is 23.8. The Hall–Kier alpha value is -6.50. The van der Waals surface area contributed by atoms with Crippen molar-refractivity contribution in [1.82, 2.24) is 45.1 Å². The van der Waals surface area contributed by atoms with Gasteiger partial charge in [-0.25, -0.2) is 9.78 Å². The topological polar surface area (TPSA) is 198 Å². The summed E-state index contributed by atoms with van der Waals surface area (Å²) in [6.07, 6.45) is 6.84. The van der Waals surface area contributed by atoms with Crippen molar-refractivity contribution >= 4 is 86.1 Å². The van der Waals surface area contributed by atoms with Crippen LogP contribution >= 0.6 is 23.2 Å². The molecule has 6 aromatic rings. The van der Waals surface area contributed by atoms with Crippen molar-refractivity contribution in [2.45, 2.75) is 57.2 Å². The molecule has 20 heteroatoms. The quantitative estimate of drug-likeness (QED) is 0.143. The standard InChI is InChI=1S/C48H52Cl2N12O6/c1-29(43-36(49)27-51-28-37(43)50)68-33-5-7-38-35(24-33)44(55-54-38)31-3-8-40(52-26-31)59-19-21-61(22-20-59)46(65)30-9-14-60(15-10-30)42(64)25-48(67)12-17-58(18-13-48)32-4-6-34-39(23-32)57(2)56-45(34)62-16-11-41(63)53-47(62)66/h3-8,23-24,26-30,67H,9-22,25H2,1-2H3,(H,54,55)(H,53,63,66)/t29-/m1/s1. The second kappa shape index (κ2) is 18.5. The van der Waals surface area contributed by atoms with Crippen molar-refractivity contribution in [3.8, 4) is 17.0 Å². The first-order chi connectivity index (χ1) is 32.8. The minimum atomic E-state index is -1.11. The molecule has 1 atom stereocenters. The highest BCUT2D eigenvalue weighted by atomic mass is 35.5. The van der Waals surface area contributed by atoms with Crippen LogP contribution in [0.1, 0.15) is 57.1 Å². The summed E-state index contributed by atoms with van der Waals surface area (Å²) >= 11 is 12.8. The second-order valence-electron chi connectivity index (χ2n) is 18.2. The summed E-state index contributed by atoms with van der Waals surface area (Å²) < 4.78 is 7.98. The first kappa shape index (κ1) is 45.3. The van der Waals surface area contributed by atoms with Crippen LogP contribution in [0.25, 0.3) is 33.1 Å². The number of piperidine rings is 2. The number of carbonyl (C=O) groups excluding carboxylic acids is 4. The summed E-state index contributed by atoms with van der Waals surface area (Å²) in [6.45, 7) is 6.76. The molecule has 0 unspecified atom stereocenters. The van der Waals surface area contributed by atoms with E-state index < -0.39 is 17.7 Å². The number of urea groups is 1. The van der Waals surface area contributed by atoms with Crippen LogP contribution in [0.15, 0.2) is 67.1 Å². The molecule has 0 spiro atoms. The minimum absolute atomic E-state index is 0.0498. The first-order valence-electron chi connectivity index (χ1n) is 23.1. The fraction of sp³-hybridized carbons (Fsp3) is 0.417. The molecule has 3 N–H and O–H groups in total. The number of fused-ring (bicyclic) bond motifs is 2. The summed E-state index contributed by atoms with van der Waals surface area (Å²) in [5.41, 5.74) is 3.82. The Balaban J connectivity index is 0.678. The van der Waals surface area contributed by atoms with Crippen molar-refractivity contribution in [2.24, 2.45) is 13.0 Å². The number of hydrogen-bond donors (Lipinski definition) is 3. The van der Waals surface area contributed by atoms with Gasteiger partial charge in [-0.2, -0.15) is 10.2 Å². The number of aryl methyl sites for hydroxylation is 1. The largest absolute Gasteiger partial charge is 0.486 e. The molecule has 354 valence electrons. The lowest BCUT2D eigenvalue weighted by Crippen LogP contribution is -2.52. The van der Waals surface area contributed by atoms with Gasteiger partial charge in [0.05, 0.1) is 33.1 Å². The van der Waals surface area contributed by atoms with Gasteiger partial charge in [0.25, 0.3) is 0 Å². The van der Waals surface area contributed by atoms with Crippen LogP contribution in [0.5, 0.6) is 5.75 Å². The Labute approximate surface area is 402 Å². The average Bonchev–Trinajstić information content (AvgIpc) is 3.91. The van der Waals surface area contributed by atoms with Crippen LogP contribution in [0.2, 0.25) is 10.0 Å². The third-order valence-corrected chi connectivity index (χ3v) is 14.5. The van der Waals surface area contributed by atoms with Crippen molar-refractivity contribution in [1.29, 1.82) is 0 Å². The zero-order valence-corrected chi connectivity index (χ0v) is 39.3. The Morgan fingerprint density at radius 2 is 1.62 bits per heavy atom. The predicted molar refractivity (Wildman–Crippen MR) is 258 cm³/mol. The molecular formula is C48H52Cl2N12O6. The number of piperazine rings is 1. The van der Waals surface area contributed by atoms with Gasteiger partial charge in [-0.3, -0.25) is 39.4 Å². The molecule has 0 radical (unpaired) electrons. The number of benzene rings is 2. The number of rotatable bonds is 10. The van der Waals surface area contributed by atoms with Crippen molar-refractivity contribution in [3.63, 3.8) is 0 Å². The van der Waals surface area contributed by atoms with Crippen LogP contribution in [0.3, 0.4) is 0 Å². The van der Waals surface area contributed by atoms with Gasteiger partial charge in [0.15, 0.2) is 5.82 Å². The van der Waals surface area contributed by atoms with Crippen molar-refractivity contribution in [2.75, 3.05) is 73.6 Å². The summed E-state index contributed by atoms with van der Waals surface area (Å²) in [5.74, 6) is 1.59. The summed E-state index contributed by atoms with van der Waals surface area (Å²) in [6, 6.07) is 15.2. The highest BCUT2D eigenvalue weighted by molar-refractivity contribution is 6.35. The summed E-state index contributed by atoms with van der Waals surface area (Å²) in [4.78, 5) is 69.9. The van der Waals surface area contributed by atoms with Gasteiger partial charge in [0.2, 0.25) is 17.7 Å².